The standard InChI is InChI=1S/C13H17BrF2/c1-8(2)9(3)11(14)7-10-12(15)5-4-6-13(10)16/h4-6,8-9,11H,7H2,1-3H3. The Morgan fingerprint density at radius 3 is 2.06 bits per heavy atom. The Bertz CT molecular complexity index is 330. The molecule has 3 heteroatoms. The highest BCUT2D eigenvalue weighted by molar-refractivity contribution is 9.09. The molecule has 0 bridgehead atoms. The Labute approximate surface area is 104 Å². The minimum absolute atomic E-state index is 0.0962. The van der Waals surface area contributed by atoms with Gasteiger partial charge in [-0.05, 0) is 30.4 Å². The van der Waals surface area contributed by atoms with Crippen LogP contribution in [-0.2, 0) is 6.42 Å². The number of hydrogen-bond donors (Lipinski definition) is 0. The van der Waals surface area contributed by atoms with E-state index in [9.17, 15) is 8.78 Å². The summed E-state index contributed by atoms with van der Waals surface area (Å²) < 4.78 is 26.8. The monoisotopic (exact) mass is 290 g/mol. The van der Waals surface area contributed by atoms with E-state index in [0.717, 1.165) is 0 Å². The SMILES string of the molecule is CC(C)C(C)C(Br)Cc1c(F)cccc1F. The summed E-state index contributed by atoms with van der Waals surface area (Å²) in [5.41, 5.74) is 0.178. The summed E-state index contributed by atoms with van der Waals surface area (Å²) in [6, 6.07) is 4.00. The molecule has 1 aromatic rings. The van der Waals surface area contributed by atoms with Crippen molar-refractivity contribution in [2.45, 2.75) is 32.0 Å². The fourth-order valence-corrected chi connectivity index (χ4v) is 2.46. The van der Waals surface area contributed by atoms with Crippen molar-refractivity contribution in [1.82, 2.24) is 0 Å². The van der Waals surface area contributed by atoms with E-state index >= 15 is 0 Å². The average Bonchev–Trinajstić information content (AvgIpc) is 2.22. The summed E-state index contributed by atoms with van der Waals surface area (Å²) in [4.78, 5) is 0.0962. The van der Waals surface area contributed by atoms with Gasteiger partial charge in [0.05, 0.1) is 0 Å². The molecule has 0 aromatic heterocycles. The Kier molecular flexibility index (Phi) is 4.90. The van der Waals surface area contributed by atoms with Gasteiger partial charge >= 0.3 is 0 Å². The van der Waals surface area contributed by atoms with Crippen LogP contribution < -0.4 is 0 Å². The van der Waals surface area contributed by atoms with Gasteiger partial charge in [-0.3, -0.25) is 0 Å². The third-order valence-electron chi connectivity index (χ3n) is 3.08. The molecule has 0 aliphatic heterocycles. The first-order chi connectivity index (χ1) is 7.43. The minimum Gasteiger partial charge on any atom is -0.207 e. The summed E-state index contributed by atoms with van der Waals surface area (Å²) in [7, 11) is 0. The average molecular weight is 291 g/mol. The van der Waals surface area contributed by atoms with Gasteiger partial charge in [0.2, 0.25) is 0 Å². The van der Waals surface area contributed by atoms with Gasteiger partial charge in [-0.15, -0.1) is 0 Å². The van der Waals surface area contributed by atoms with E-state index in [-0.39, 0.29) is 10.4 Å². The summed E-state index contributed by atoms with van der Waals surface area (Å²) in [5, 5.41) is 0. The number of halogens is 3. The molecular weight excluding hydrogens is 274 g/mol. The maximum absolute atomic E-state index is 13.4. The molecule has 1 aromatic carbocycles. The van der Waals surface area contributed by atoms with Crippen molar-refractivity contribution in [3.8, 4) is 0 Å². The van der Waals surface area contributed by atoms with Crippen LogP contribution in [0, 0.1) is 23.5 Å². The van der Waals surface area contributed by atoms with Crippen LogP contribution in [0.5, 0.6) is 0 Å². The molecule has 1 rings (SSSR count). The predicted octanol–water partition coefficient (Wildman–Crippen LogP) is 4.56. The van der Waals surface area contributed by atoms with Gasteiger partial charge in [0.15, 0.2) is 0 Å². The van der Waals surface area contributed by atoms with Crippen LogP contribution in [0.4, 0.5) is 8.78 Å². The zero-order valence-electron chi connectivity index (χ0n) is 9.81. The third-order valence-corrected chi connectivity index (χ3v) is 4.24. The van der Waals surface area contributed by atoms with Gasteiger partial charge in [-0.25, -0.2) is 8.78 Å². The lowest BCUT2D eigenvalue weighted by atomic mass is 9.91. The third kappa shape index (κ3) is 3.27. The summed E-state index contributed by atoms with van der Waals surface area (Å²) >= 11 is 3.52. The molecule has 0 saturated heterocycles. The summed E-state index contributed by atoms with van der Waals surface area (Å²) in [6.45, 7) is 6.30. The second kappa shape index (κ2) is 5.76. The van der Waals surface area contributed by atoms with Gasteiger partial charge in [-0.2, -0.15) is 0 Å². The highest BCUT2D eigenvalue weighted by atomic mass is 79.9. The molecular formula is C13H17BrF2. The maximum Gasteiger partial charge on any atom is 0.129 e. The Morgan fingerprint density at radius 2 is 1.62 bits per heavy atom. The minimum atomic E-state index is -0.458. The number of benzene rings is 1. The van der Waals surface area contributed by atoms with Gasteiger partial charge in [0, 0.05) is 10.4 Å². The number of alkyl halides is 1. The van der Waals surface area contributed by atoms with Crippen LogP contribution in [-0.4, -0.2) is 4.83 Å². The molecule has 90 valence electrons. The summed E-state index contributed by atoms with van der Waals surface area (Å²) in [5.74, 6) is -0.0565. The predicted molar refractivity (Wildman–Crippen MR) is 66.8 cm³/mol. The zero-order chi connectivity index (χ0) is 12.3. The van der Waals surface area contributed by atoms with E-state index in [1.54, 1.807) is 0 Å². The van der Waals surface area contributed by atoms with Crippen molar-refractivity contribution in [2.75, 3.05) is 0 Å². The van der Waals surface area contributed by atoms with Crippen molar-refractivity contribution in [2.24, 2.45) is 11.8 Å². The molecule has 0 fully saturated rings. The highest BCUT2D eigenvalue weighted by Crippen LogP contribution is 2.26. The zero-order valence-corrected chi connectivity index (χ0v) is 11.4. The lowest BCUT2D eigenvalue weighted by Crippen LogP contribution is -2.20. The topological polar surface area (TPSA) is 0 Å². The van der Waals surface area contributed by atoms with Crippen LogP contribution in [0.3, 0.4) is 0 Å². The number of rotatable bonds is 4. The molecule has 0 heterocycles. The molecule has 0 aliphatic rings. The van der Waals surface area contributed by atoms with Crippen molar-refractivity contribution >= 4 is 15.9 Å². The molecule has 2 unspecified atom stereocenters. The van der Waals surface area contributed by atoms with E-state index in [0.29, 0.717) is 18.3 Å². The van der Waals surface area contributed by atoms with E-state index in [1.165, 1.54) is 18.2 Å². The van der Waals surface area contributed by atoms with Crippen molar-refractivity contribution in [3.05, 3.63) is 35.4 Å². The summed E-state index contributed by atoms with van der Waals surface area (Å²) in [6.07, 6.45) is 0.387. The fourth-order valence-electron chi connectivity index (χ4n) is 1.53. The Hall–Kier alpha value is -0.440. The molecule has 0 saturated carbocycles. The molecule has 0 amide bonds. The van der Waals surface area contributed by atoms with Crippen molar-refractivity contribution in [1.29, 1.82) is 0 Å². The maximum atomic E-state index is 13.4. The second-order valence-corrected chi connectivity index (χ2v) is 5.70. The quantitative estimate of drug-likeness (QED) is 0.713. The molecule has 16 heavy (non-hydrogen) atoms. The Morgan fingerprint density at radius 1 is 1.12 bits per heavy atom. The first-order valence-electron chi connectivity index (χ1n) is 5.50. The molecule has 2 atom stereocenters. The smallest absolute Gasteiger partial charge is 0.129 e. The van der Waals surface area contributed by atoms with Gasteiger partial charge < -0.3 is 0 Å². The van der Waals surface area contributed by atoms with E-state index < -0.39 is 11.6 Å². The molecule has 0 spiro atoms. The second-order valence-electron chi connectivity index (χ2n) is 4.52. The molecule has 0 nitrogen and oxygen atoms in total. The van der Waals surface area contributed by atoms with Crippen LogP contribution >= 0.6 is 15.9 Å². The lowest BCUT2D eigenvalue weighted by Gasteiger charge is -2.22. The van der Waals surface area contributed by atoms with Crippen molar-refractivity contribution in [3.63, 3.8) is 0 Å². The number of hydrogen-bond acceptors (Lipinski definition) is 0. The Balaban J connectivity index is 2.80. The first kappa shape index (κ1) is 13.6. The van der Waals surface area contributed by atoms with Crippen LogP contribution in [0.1, 0.15) is 26.3 Å². The molecule has 0 aliphatic carbocycles. The highest BCUT2D eigenvalue weighted by Gasteiger charge is 2.20. The van der Waals surface area contributed by atoms with Gasteiger partial charge in [0.1, 0.15) is 11.6 Å². The normalized spacial score (nSPS) is 15.2. The van der Waals surface area contributed by atoms with E-state index in [2.05, 4.69) is 36.7 Å². The van der Waals surface area contributed by atoms with Gasteiger partial charge in [-0.1, -0.05) is 42.8 Å². The van der Waals surface area contributed by atoms with Crippen LogP contribution in [0.25, 0.3) is 0 Å². The van der Waals surface area contributed by atoms with Crippen molar-refractivity contribution < 1.29 is 8.78 Å². The van der Waals surface area contributed by atoms with Gasteiger partial charge in [0.25, 0.3) is 0 Å². The molecule has 0 radical (unpaired) electrons. The van der Waals surface area contributed by atoms with E-state index in [4.69, 9.17) is 0 Å². The lowest BCUT2D eigenvalue weighted by molar-refractivity contribution is 0.401. The van der Waals surface area contributed by atoms with E-state index in [1.807, 2.05) is 0 Å². The largest absolute Gasteiger partial charge is 0.207 e. The molecule has 0 N–H and O–H groups in total. The first-order valence-corrected chi connectivity index (χ1v) is 6.42. The fraction of sp³-hybridized carbons (Fsp3) is 0.538. The van der Waals surface area contributed by atoms with Crippen LogP contribution in [0.2, 0.25) is 0 Å². The van der Waals surface area contributed by atoms with Crippen LogP contribution in [0.15, 0.2) is 18.2 Å².